The Kier molecular flexibility index (Phi) is 3.09. The maximum absolute atomic E-state index is 10.0. The minimum Gasteiger partial charge on any atom is -0.329 e. The minimum atomic E-state index is -0.296. The molecule has 0 radical (unpaired) electrons. The van der Waals surface area contributed by atoms with Gasteiger partial charge in [0.2, 0.25) is 0 Å². The lowest BCUT2D eigenvalue weighted by molar-refractivity contribution is -0.0755. The zero-order valence-electron chi connectivity index (χ0n) is 11.8. The number of hydrogen-bond acceptors (Lipinski definition) is 3. The van der Waals surface area contributed by atoms with Crippen molar-refractivity contribution in [2.24, 2.45) is 28.6 Å². The van der Waals surface area contributed by atoms with Crippen molar-refractivity contribution in [3.63, 3.8) is 0 Å². The fourth-order valence-electron chi connectivity index (χ4n) is 5.55. The Morgan fingerprint density at radius 1 is 1.00 bits per heavy atom. The number of thiol groups is 1. The summed E-state index contributed by atoms with van der Waals surface area (Å²) in [4.78, 5) is 0. The first-order valence-electron chi connectivity index (χ1n) is 7.35. The molecule has 1 N–H and O–H groups in total. The summed E-state index contributed by atoms with van der Waals surface area (Å²) >= 11 is 6.09. The molecule has 0 aliphatic heterocycles. The molecule has 0 amide bonds. The molecule has 18 heavy (non-hydrogen) atoms. The molecule has 4 aliphatic rings. The van der Waals surface area contributed by atoms with Gasteiger partial charge in [-0.3, -0.25) is 0 Å². The van der Waals surface area contributed by atoms with Crippen LogP contribution < -0.4 is 0 Å². The van der Waals surface area contributed by atoms with Crippen molar-refractivity contribution < 1.29 is 4.55 Å². The average Bonchev–Trinajstić information content (AvgIpc) is 2.24. The quantitative estimate of drug-likeness (QED) is 0.419. The highest BCUT2D eigenvalue weighted by Crippen LogP contribution is 2.70. The van der Waals surface area contributed by atoms with Crippen LogP contribution in [0.5, 0.6) is 0 Å². The molecule has 0 saturated heterocycles. The Balaban J connectivity index is 1.99. The van der Waals surface area contributed by atoms with Crippen molar-refractivity contribution in [2.75, 3.05) is 0 Å². The molecule has 4 rings (SSSR count). The predicted octanol–water partition coefficient (Wildman–Crippen LogP) is 5.08. The summed E-state index contributed by atoms with van der Waals surface area (Å²) in [7, 11) is 0. The molecule has 0 spiro atoms. The number of hydrogen-bond donors (Lipinski definition) is 2. The van der Waals surface area contributed by atoms with Crippen LogP contribution in [-0.4, -0.2) is 8.63 Å². The zero-order valence-corrected chi connectivity index (χ0v) is 13.5. The van der Waals surface area contributed by atoms with E-state index in [2.05, 4.69) is 20.8 Å². The van der Waals surface area contributed by atoms with Crippen LogP contribution in [-0.2, 0) is 0 Å². The largest absolute Gasteiger partial charge is 0.329 e. The Hall–Kier alpha value is 0.660. The van der Waals surface area contributed by atoms with Gasteiger partial charge in [-0.05, 0) is 67.1 Å². The molecule has 4 bridgehead atoms. The fraction of sp³-hybridized carbons (Fsp3) is 1.00. The summed E-state index contributed by atoms with van der Waals surface area (Å²) in [5.74, 6) is 2.74. The molecule has 0 aromatic heterocycles. The molecule has 1 nitrogen and oxygen atoms in total. The summed E-state index contributed by atoms with van der Waals surface area (Å²) in [5, 5.41) is 0. The van der Waals surface area contributed by atoms with Crippen molar-refractivity contribution in [1.29, 1.82) is 0 Å². The summed E-state index contributed by atoms with van der Waals surface area (Å²) in [6.07, 6.45) is 8.24. The van der Waals surface area contributed by atoms with E-state index in [0.29, 0.717) is 0 Å². The van der Waals surface area contributed by atoms with Crippen LogP contribution >= 0.6 is 24.7 Å². The molecule has 1 atom stereocenters. The summed E-state index contributed by atoms with van der Waals surface area (Å²) in [5.41, 5.74) is 0.295. The molecular weight excluding hydrogens is 260 g/mol. The highest BCUT2D eigenvalue weighted by atomic mass is 32.2. The van der Waals surface area contributed by atoms with Crippen molar-refractivity contribution >= 4 is 24.7 Å². The van der Waals surface area contributed by atoms with Crippen LogP contribution in [0.2, 0.25) is 0 Å². The Morgan fingerprint density at radius 3 is 1.67 bits per heavy atom. The second-order valence-electron chi connectivity index (χ2n) is 8.18. The topological polar surface area (TPSA) is 20.2 Å². The molecule has 1 unspecified atom stereocenters. The third-order valence-corrected chi connectivity index (χ3v) is 8.61. The predicted molar refractivity (Wildman–Crippen MR) is 82.0 cm³/mol. The van der Waals surface area contributed by atoms with Crippen molar-refractivity contribution in [2.45, 2.75) is 63.4 Å². The summed E-state index contributed by atoms with van der Waals surface area (Å²) in [6.45, 7) is 6.71. The van der Waals surface area contributed by atoms with Crippen LogP contribution in [0.15, 0.2) is 0 Å². The van der Waals surface area contributed by atoms with Gasteiger partial charge < -0.3 is 4.55 Å². The normalized spacial score (nSPS) is 46.2. The lowest BCUT2D eigenvalue weighted by atomic mass is 9.47. The van der Waals surface area contributed by atoms with E-state index in [9.17, 15) is 4.55 Å². The van der Waals surface area contributed by atoms with E-state index in [1.807, 2.05) is 0 Å². The minimum absolute atomic E-state index is 0.0290. The van der Waals surface area contributed by atoms with Gasteiger partial charge in [-0.15, -0.1) is 0 Å². The van der Waals surface area contributed by atoms with Crippen molar-refractivity contribution in [1.82, 2.24) is 0 Å². The first-order valence-corrected chi connectivity index (χ1v) is 8.57. The van der Waals surface area contributed by atoms with Crippen LogP contribution in [0.3, 0.4) is 0 Å². The first-order chi connectivity index (χ1) is 8.30. The van der Waals surface area contributed by atoms with E-state index < -0.39 is 0 Å². The lowest BCUT2D eigenvalue weighted by Crippen LogP contribution is -2.59. The molecule has 4 saturated carbocycles. The average molecular weight is 287 g/mol. The highest BCUT2D eigenvalue weighted by Gasteiger charge is 2.63. The van der Waals surface area contributed by atoms with Gasteiger partial charge in [0.1, 0.15) is 0 Å². The van der Waals surface area contributed by atoms with Gasteiger partial charge in [-0.25, -0.2) is 0 Å². The fourth-order valence-corrected chi connectivity index (χ4v) is 6.55. The molecule has 3 heteroatoms. The van der Waals surface area contributed by atoms with E-state index in [0.717, 1.165) is 29.8 Å². The molecule has 4 fully saturated rings. The van der Waals surface area contributed by atoms with Gasteiger partial charge in [0.05, 0.1) is 4.08 Å². The Morgan fingerprint density at radius 2 is 1.39 bits per heavy atom. The van der Waals surface area contributed by atoms with Crippen LogP contribution in [0.25, 0.3) is 0 Å². The monoisotopic (exact) mass is 286 g/mol. The van der Waals surface area contributed by atoms with E-state index in [4.69, 9.17) is 12.6 Å². The smallest absolute Gasteiger partial charge is 0.0945 e. The second kappa shape index (κ2) is 4.08. The standard InChI is InChI=1S/C15H26OS2/c1-13(2,3)15(17,18-16)14-7-10-4-11(8-14)6-12(5-10)9-14/h10-12,16-17H,4-9H2,1-3H3. The van der Waals surface area contributed by atoms with Crippen molar-refractivity contribution in [3.8, 4) is 0 Å². The summed E-state index contributed by atoms with van der Waals surface area (Å²) < 4.78 is 9.73. The molecule has 4 aliphatic carbocycles. The third-order valence-electron chi connectivity index (χ3n) is 5.91. The van der Waals surface area contributed by atoms with Crippen LogP contribution in [0.1, 0.15) is 59.3 Å². The van der Waals surface area contributed by atoms with Gasteiger partial charge in [0.25, 0.3) is 0 Å². The molecule has 0 aromatic rings. The zero-order chi connectivity index (χ0) is 13.2. The van der Waals surface area contributed by atoms with Crippen LogP contribution in [0.4, 0.5) is 0 Å². The summed E-state index contributed by atoms with van der Waals surface area (Å²) in [6, 6.07) is 0. The highest BCUT2D eigenvalue weighted by molar-refractivity contribution is 8.08. The Bertz CT molecular complexity index is 312. The molecule has 0 aromatic carbocycles. The number of rotatable bonds is 2. The van der Waals surface area contributed by atoms with E-state index in [-0.39, 0.29) is 14.9 Å². The maximum atomic E-state index is 10.0. The van der Waals surface area contributed by atoms with Gasteiger partial charge in [0.15, 0.2) is 0 Å². The van der Waals surface area contributed by atoms with Crippen LogP contribution in [0, 0.1) is 28.6 Å². The van der Waals surface area contributed by atoms with Crippen molar-refractivity contribution in [3.05, 3.63) is 0 Å². The van der Waals surface area contributed by atoms with Gasteiger partial charge in [-0.2, -0.15) is 12.6 Å². The van der Waals surface area contributed by atoms with Gasteiger partial charge >= 0.3 is 0 Å². The third kappa shape index (κ3) is 1.73. The van der Waals surface area contributed by atoms with E-state index >= 15 is 0 Å². The van der Waals surface area contributed by atoms with Gasteiger partial charge in [0, 0.05) is 12.0 Å². The Labute approximate surface area is 121 Å². The second-order valence-corrected chi connectivity index (χ2v) is 9.95. The molecule has 0 heterocycles. The van der Waals surface area contributed by atoms with Gasteiger partial charge in [-0.1, -0.05) is 20.8 Å². The SMILES string of the molecule is CC(C)(C)C(S)(SO)C12CC3CC(CC(C3)C1)C2. The molecular formula is C15H26OS2. The van der Waals surface area contributed by atoms with E-state index in [1.54, 1.807) is 0 Å². The van der Waals surface area contributed by atoms with E-state index in [1.165, 1.54) is 38.5 Å². The first kappa shape index (κ1) is 13.6. The molecule has 104 valence electrons. The lowest BCUT2D eigenvalue weighted by Gasteiger charge is -2.64. The maximum Gasteiger partial charge on any atom is 0.0945 e.